The fourth-order valence-corrected chi connectivity index (χ4v) is 2.29. The summed E-state index contributed by atoms with van der Waals surface area (Å²) in [5.41, 5.74) is 1.30. The van der Waals surface area contributed by atoms with Crippen molar-refractivity contribution in [2.75, 3.05) is 26.9 Å². The van der Waals surface area contributed by atoms with Crippen LogP contribution in [0.15, 0.2) is 11.4 Å². The number of hydrogen-bond acceptors (Lipinski definition) is 4. The smallest absolute Gasteiger partial charge is 0.246 e. The van der Waals surface area contributed by atoms with Gasteiger partial charge in [0.1, 0.15) is 6.61 Å². The largest absolute Gasteiger partial charge is 0.382 e. The first kappa shape index (κ1) is 14.2. The van der Waals surface area contributed by atoms with E-state index < -0.39 is 0 Å². The van der Waals surface area contributed by atoms with E-state index in [-0.39, 0.29) is 12.5 Å². The Morgan fingerprint density at radius 3 is 3.00 bits per heavy atom. The fraction of sp³-hybridized carbons (Fsp3) is 0.583. The van der Waals surface area contributed by atoms with Gasteiger partial charge in [0.05, 0.1) is 19.8 Å². The van der Waals surface area contributed by atoms with Crippen molar-refractivity contribution in [1.82, 2.24) is 5.32 Å². The van der Waals surface area contributed by atoms with Gasteiger partial charge >= 0.3 is 0 Å². The third-order valence-electron chi connectivity index (χ3n) is 2.33. The molecule has 0 saturated carbocycles. The van der Waals surface area contributed by atoms with E-state index in [1.807, 2.05) is 0 Å². The summed E-state index contributed by atoms with van der Waals surface area (Å²) in [5.74, 6) is -0.0865. The van der Waals surface area contributed by atoms with Gasteiger partial charge in [-0.1, -0.05) is 6.92 Å². The molecular formula is C12H19NO3S. The van der Waals surface area contributed by atoms with Crippen LogP contribution in [-0.4, -0.2) is 32.8 Å². The average molecular weight is 257 g/mol. The molecule has 17 heavy (non-hydrogen) atoms. The van der Waals surface area contributed by atoms with E-state index >= 15 is 0 Å². The highest BCUT2D eigenvalue weighted by atomic mass is 32.1. The second-order valence-corrected chi connectivity index (χ2v) is 4.55. The van der Waals surface area contributed by atoms with Crippen molar-refractivity contribution in [2.24, 2.45) is 0 Å². The highest BCUT2D eigenvalue weighted by molar-refractivity contribution is 7.10. The molecule has 1 amide bonds. The standard InChI is InChI=1S/C12H19NO3S/c1-3-10-4-7-17-11(10)8-13-12(14)9-16-6-5-15-2/h4,7H,3,5-6,8-9H2,1-2H3,(H,13,14). The number of hydrogen-bond donors (Lipinski definition) is 1. The number of thiophene rings is 1. The molecule has 5 heteroatoms. The number of carbonyl (C=O) groups excluding carboxylic acids is 1. The molecule has 0 radical (unpaired) electrons. The maximum Gasteiger partial charge on any atom is 0.246 e. The highest BCUT2D eigenvalue weighted by Gasteiger charge is 2.05. The van der Waals surface area contributed by atoms with Gasteiger partial charge in [0.25, 0.3) is 0 Å². The maximum absolute atomic E-state index is 11.4. The van der Waals surface area contributed by atoms with Crippen molar-refractivity contribution in [3.05, 3.63) is 21.9 Å². The Labute approximate surface area is 106 Å². The van der Waals surface area contributed by atoms with Crippen LogP contribution in [0.4, 0.5) is 0 Å². The van der Waals surface area contributed by atoms with Crippen LogP contribution < -0.4 is 5.32 Å². The number of nitrogens with one attached hydrogen (secondary N) is 1. The Hall–Kier alpha value is -0.910. The Balaban J connectivity index is 2.19. The van der Waals surface area contributed by atoms with Gasteiger partial charge in [-0.15, -0.1) is 11.3 Å². The van der Waals surface area contributed by atoms with Gasteiger partial charge < -0.3 is 14.8 Å². The molecule has 0 aromatic carbocycles. The van der Waals surface area contributed by atoms with Crippen molar-refractivity contribution >= 4 is 17.2 Å². The molecule has 0 fully saturated rings. The number of ether oxygens (including phenoxy) is 2. The van der Waals surface area contributed by atoms with Crippen LogP contribution in [0.2, 0.25) is 0 Å². The molecule has 0 bridgehead atoms. The Kier molecular flexibility index (Phi) is 6.84. The van der Waals surface area contributed by atoms with Crippen LogP contribution >= 0.6 is 11.3 Å². The third-order valence-corrected chi connectivity index (χ3v) is 3.29. The van der Waals surface area contributed by atoms with Gasteiger partial charge in [-0.25, -0.2) is 0 Å². The number of amides is 1. The second kappa shape index (κ2) is 8.22. The lowest BCUT2D eigenvalue weighted by atomic mass is 10.2. The molecule has 1 heterocycles. The minimum Gasteiger partial charge on any atom is -0.382 e. The molecule has 0 spiro atoms. The van der Waals surface area contributed by atoms with Gasteiger partial charge in [0.15, 0.2) is 0 Å². The molecule has 0 aliphatic heterocycles. The topological polar surface area (TPSA) is 47.6 Å². The Morgan fingerprint density at radius 1 is 1.47 bits per heavy atom. The van der Waals surface area contributed by atoms with E-state index in [9.17, 15) is 4.79 Å². The molecule has 4 nitrogen and oxygen atoms in total. The number of carbonyl (C=O) groups is 1. The summed E-state index contributed by atoms with van der Waals surface area (Å²) < 4.78 is 9.95. The van der Waals surface area contributed by atoms with Gasteiger partial charge in [0, 0.05) is 12.0 Å². The van der Waals surface area contributed by atoms with Crippen LogP contribution in [0, 0.1) is 0 Å². The molecule has 1 N–H and O–H groups in total. The van der Waals surface area contributed by atoms with E-state index in [1.165, 1.54) is 10.4 Å². The average Bonchev–Trinajstić information content (AvgIpc) is 2.79. The second-order valence-electron chi connectivity index (χ2n) is 3.54. The monoisotopic (exact) mass is 257 g/mol. The lowest BCUT2D eigenvalue weighted by Gasteiger charge is -2.06. The zero-order valence-corrected chi connectivity index (χ0v) is 11.1. The van der Waals surface area contributed by atoms with Crippen molar-refractivity contribution in [1.29, 1.82) is 0 Å². The summed E-state index contributed by atoms with van der Waals surface area (Å²) in [6.07, 6.45) is 0.999. The summed E-state index contributed by atoms with van der Waals surface area (Å²) in [6.45, 7) is 3.76. The minimum atomic E-state index is -0.0865. The summed E-state index contributed by atoms with van der Waals surface area (Å²) >= 11 is 1.67. The maximum atomic E-state index is 11.4. The number of aryl methyl sites for hydroxylation is 1. The van der Waals surface area contributed by atoms with Gasteiger partial charge in [-0.05, 0) is 23.4 Å². The molecule has 1 aromatic rings. The SMILES string of the molecule is CCc1ccsc1CNC(=O)COCCOC. The highest BCUT2D eigenvalue weighted by Crippen LogP contribution is 2.16. The molecule has 96 valence electrons. The zero-order valence-electron chi connectivity index (χ0n) is 10.3. The Morgan fingerprint density at radius 2 is 2.29 bits per heavy atom. The summed E-state index contributed by atoms with van der Waals surface area (Å²) in [7, 11) is 1.60. The normalized spacial score (nSPS) is 10.5. The molecule has 0 aliphatic rings. The van der Waals surface area contributed by atoms with E-state index in [4.69, 9.17) is 9.47 Å². The third kappa shape index (κ3) is 5.30. The Bertz CT molecular complexity index is 338. The van der Waals surface area contributed by atoms with Gasteiger partial charge in [-0.2, -0.15) is 0 Å². The molecule has 1 aromatic heterocycles. The van der Waals surface area contributed by atoms with E-state index in [0.717, 1.165) is 6.42 Å². The molecular weight excluding hydrogens is 238 g/mol. The van der Waals surface area contributed by atoms with Gasteiger partial charge in [-0.3, -0.25) is 4.79 Å². The quantitative estimate of drug-likeness (QED) is 0.719. The molecule has 0 unspecified atom stereocenters. The first-order valence-electron chi connectivity index (χ1n) is 5.66. The first-order valence-corrected chi connectivity index (χ1v) is 6.54. The van der Waals surface area contributed by atoms with E-state index in [2.05, 4.69) is 23.7 Å². The molecule has 0 aliphatic carbocycles. The molecule has 1 rings (SSSR count). The van der Waals surface area contributed by atoms with E-state index in [1.54, 1.807) is 18.4 Å². The van der Waals surface area contributed by atoms with Crippen LogP contribution in [0.5, 0.6) is 0 Å². The number of rotatable bonds is 8. The van der Waals surface area contributed by atoms with E-state index in [0.29, 0.717) is 19.8 Å². The van der Waals surface area contributed by atoms with Crippen LogP contribution in [0.3, 0.4) is 0 Å². The number of methoxy groups -OCH3 is 1. The van der Waals surface area contributed by atoms with Crippen molar-refractivity contribution in [3.63, 3.8) is 0 Å². The molecule has 0 saturated heterocycles. The van der Waals surface area contributed by atoms with Crippen molar-refractivity contribution in [2.45, 2.75) is 19.9 Å². The predicted molar refractivity (Wildman–Crippen MR) is 68.2 cm³/mol. The summed E-state index contributed by atoms with van der Waals surface area (Å²) in [5, 5.41) is 4.89. The first-order chi connectivity index (χ1) is 8.27. The van der Waals surface area contributed by atoms with Crippen molar-refractivity contribution in [3.8, 4) is 0 Å². The van der Waals surface area contributed by atoms with Gasteiger partial charge in [0.2, 0.25) is 5.91 Å². The minimum absolute atomic E-state index is 0.0865. The predicted octanol–water partition coefficient (Wildman–Crippen LogP) is 1.59. The molecule has 0 atom stereocenters. The van der Waals surface area contributed by atoms with Crippen LogP contribution in [-0.2, 0) is 27.2 Å². The van der Waals surface area contributed by atoms with Crippen LogP contribution in [0.25, 0.3) is 0 Å². The fourth-order valence-electron chi connectivity index (χ4n) is 1.37. The summed E-state index contributed by atoms with van der Waals surface area (Å²) in [4.78, 5) is 12.6. The van der Waals surface area contributed by atoms with Crippen LogP contribution in [0.1, 0.15) is 17.4 Å². The lowest BCUT2D eigenvalue weighted by Crippen LogP contribution is -2.27. The zero-order chi connectivity index (χ0) is 12.5. The lowest BCUT2D eigenvalue weighted by molar-refractivity contribution is -0.126. The van der Waals surface area contributed by atoms with Crippen molar-refractivity contribution < 1.29 is 14.3 Å². The summed E-state index contributed by atoms with van der Waals surface area (Å²) in [6, 6.07) is 2.10.